The molecule has 0 saturated carbocycles. The molecule has 2 saturated heterocycles. The predicted octanol–water partition coefficient (Wildman–Crippen LogP) is 10.9. The van der Waals surface area contributed by atoms with Gasteiger partial charge in [0, 0.05) is 96.9 Å². The Labute approximate surface area is 507 Å². The van der Waals surface area contributed by atoms with Crippen molar-refractivity contribution in [1.29, 1.82) is 0 Å². The lowest BCUT2D eigenvalue weighted by Gasteiger charge is -2.43. The molecule has 14 nitrogen and oxygen atoms in total. The molecular formula is C71H98N6O8. The Morgan fingerprint density at radius 3 is 1.36 bits per heavy atom. The van der Waals surface area contributed by atoms with E-state index < -0.39 is 41.7 Å². The summed E-state index contributed by atoms with van der Waals surface area (Å²) in [7, 11) is 3.31. The molecule has 0 spiro atoms. The molecule has 85 heavy (non-hydrogen) atoms. The average Bonchev–Trinajstić information content (AvgIpc) is 1.96. The van der Waals surface area contributed by atoms with Crippen molar-refractivity contribution in [3.05, 3.63) is 143 Å². The van der Waals surface area contributed by atoms with Gasteiger partial charge in [-0.2, -0.15) is 0 Å². The summed E-state index contributed by atoms with van der Waals surface area (Å²) in [6.07, 6.45) is 6.65. The van der Waals surface area contributed by atoms with Gasteiger partial charge in [-0.1, -0.05) is 137 Å². The van der Waals surface area contributed by atoms with Crippen LogP contribution in [-0.4, -0.2) is 149 Å². The summed E-state index contributed by atoms with van der Waals surface area (Å²) < 4.78 is 5.46. The fourth-order valence-electron chi connectivity index (χ4n) is 12.9. The first-order valence-electron chi connectivity index (χ1n) is 31.6. The van der Waals surface area contributed by atoms with E-state index in [9.17, 15) is 33.6 Å². The van der Waals surface area contributed by atoms with Crippen LogP contribution in [0.15, 0.2) is 109 Å². The van der Waals surface area contributed by atoms with Gasteiger partial charge in [0.2, 0.25) is 11.8 Å². The van der Waals surface area contributed by atoms with E-state index in [1.54, 1.807) is 46.7 Å². The number of hydrogen-bond acceptors (Lipinski definition) is 11. The lowest BCUT2D eigenvalue weighted by Crippen LogP contribution is -2.59. The molecule has 2 fully saturated rings. The SMILES string of the molecule is CC(C)[C@H](CC(=O)[C@H](C)N(C)C(=O)OC(C)(C)C)C(=O)N1CCN(Cc2ccccc2)C[C@H]1C(=O)C[C@@H]1CCCc2ccccc21.CN[C@@H](C)C(=O)C[C@H](C(=O)N1CCN(Cc2ccccc2)C[C@H]1C(=O)C[C@@H]1CCCc2ccccc21)C(C)C. The molecule has 0 unspecified atom stereocenters. The summed E-state index contributed by atoms with van der Waals surface area (Å²) in [5.74, 6) is -0.964. The monoisotopic (exact) mass is 1160 g/mol. The number of benzene rings is 4. The van der Waals surface area contributed by atoms with Gasteiger partial charge in [-0.15, -0.1) is 0 Å². The number of fused-ring (bicyclic) bond motifs is 2. The van der Waals surface area contributed by atoms with Crippen LogP contribution < -0.4 is 5.32 Å². The lowest BCUT2D eigenvalue weighted by atomic mass is 9.79. The Bertz CT molecular complexity index is 2890. The van der Waals surface area contributed by atoms with Crippen molar-refractivity contribution in [2.75, 3.05) is 53.4 Å². The summed E-state index contributed by atoms with van der Waals surface area (Å²) in [6, 6.07) is 35.3. The third-order valence-corrected chi connectivity index (χ3v) is 18.3. The van der Waals surface area contributed by atoms with E-state index in [0.29, 0.717) is 58.7 Å². The Kier molecular flexibility index (Phi) is 24.0. The van der Waals surface area contributed by atoms with Gasteiger partial charge in [-0.25, -0.2) is 4.79 Å². The number of amides is 3. The van der Waals surface area contributed by atoms with Crippen LogP contribution in [0.1, 0.15) is 159 Å². The van der Waals surface area contributed by atoms with Crippen LogP contribution >= 0.6 is 0 Å². The van der Waals surface area contributed by atoms with E-state index in [-0.39, 0.29) is 77.5 Å². The number of carbonyl (C=O) groups is 7. The fraction of sp³-hybridized carbons (Fsp3) is 0.563. The zero-order chi connectivity index (χ0) is 61.5. The summed E-state index contributed by atoms with van der Waals surface area (Å²) in [4.78, 5) is 105. The van der Waals surface area contributed by atoms with Crippen molar-refractivity contribution in [3.63, 3.8) is 0 Å². The number of Topliss-reactive ketones (excluding diaryl/α,β-unsaturated/α-hetero) is 4. The highest BCUT2D eigenvalue weighted by Crippen LogP contribution is 2.37. The first-order chi connectivity index (χ1) is 40.5. The molecule has 2 heterocycles. The number of aryl methyl sites for hydroxylation is 2. The summed E-state index contributed by atoms with van der Waals surface area (Å²) in [5, 5.41) is 3.00. The molecule has 8 rings (SSSR count). The van der Waals surface area contributed by atoms with Crippen molar-refractivity contribution in [3.8, 4) is 0 Å². The summed E-state index contributed by atoms with van der Waals surface area (Å²) in [6.45, 7) is 21.5. The van der Waals surface area contributed by atoms with E-state index >= 15 is 0 Å². The van der Waals surface area contributed by atoms with Crippen molar-refractivity contribution >= 4 is 41.0 Å². The zero-order valence-corrected chi connectivity index (χ0v) is 52.9. The van der Waals surface area contributed by atoms with E-state index in [1.165, 1.54) is 38.3 Å². The Morgan fingerprint density at radius 1 is 0.565 bits per heavy atom. The minimum atomic E-state index is -0.754. The zero-order valence-electron chi connectivity index (χ0n) is 52.9. The maximum Gasteiger partial charge on any atom is 0.410 e. The molecule has 8 atom stereocenters. The number of nitrogens with one attached hydrogen (secondary N) is 1. The topological polar surface area (TPSA) is 157 Å². The Morgan fingerprint density at radius 2 is 0.965 bits per heavy atom. The number of carbonyl (C=O) groups excluding carboxylic acids is 7. The van der Waals surface area contributed by atoms with Crippen LogP contribution in [0.4, 0.5) is 4.79 Å². The first kappa shape index (κ1) is 66.2. The fourth-order valence-corrected chi connectivity index (χ4v) is 12.9. The lowest BCUT2D eigenvalue weighted by molar-refractivity contribution is -0.149. The van der Waals surface area contributed by atoms with Gasteiger partial charge in [0.15, 0.2) is 17.3 Å². The standard InChI is InChI=1S/C38H53N3O5.C33H45N3O3/c1-26(2)32(23-34(42)27(3)39(7)37(45)46-38(4,5)6)36(44)41-21-20-40(24-28-14-9-8-10-15-28)25-33(41)35(43)22-30-18-13-17-29-16-11-12-19-31(29)30;1-23(2)29(20-31(37)24(3)34-4)33(39)36-18-17-35(21-25-11-6-5-7-12-25)22-30(36)32(38)19-27-15-10-14-26-13-8-9-16-28(26)27/h8-12,14-16,19,26-27,30,32-33H,13,17-18,20-25H2,1-7H3;5-9,11-13,16,23-24,27,29-30,34H,10,14-15,17-22H2,1-4H3/t27-,30-,32-,33-;24-,27-,29-,30-/m00/s1. The van der Waals surface area contributed by atoms with Gasteiger partial charge in [-0.3, -0.25) is 38.6 Å². The highest BCUT2D eigenvalue weighted by Gasteiger charge is 2.43. The third-order valence-electron chi connectivity index (χ3n) is 18.3. The van der Waals surface area contributed by atoms with E-state index in [0.717, 1.165) is 45.1 Å². The highest BCUT2D eigenvalue weighted by molar-refractivity contribution is 5.95. The maximum absolute atomic E-state index is 14.4. The second-order valence-electron chi connectivity index (χ2n) is 26.3. The molecule has 0 radical (unpaired) electrons. The summed E-state index contributed by atoms with van der Waals surface area (Å²) >= 11 is 0. The van der Waals surface area contributed by atoms with E-state index in [2.05, 4.69) is 81.8 Å². The second kappa shape index (κ2) is 30.8. The molecule has 2 aliphatic carbocycles. The van der Waals surface area contributed by atoms with Crippen LogP contribution in [0, 0.1) is 23.7 Å². The van der Waals surface area contributed by atoms with Crippen LogP contribution in [-0.2, 0) is 59.4 Å². The van der Waals surface area contributed by atoms with Crippen molar-refractivity contribution in [2.24, 2.45) is 23.7 Å². The summed E-state index contributed by atoms with van der Waals surface area (Å²) in [5.41, 5.74) is 6.90. The van der Waals surface area contributed by atoms with Crippen LogP contribution in [0.5, 0.6) is 0 Å². The molecular weight excluding hydrogens is 1060 g/mol. The quantitative estimate of drug-likeness (QED) is 0.0799. The normalized spacial score (nSPS) is 20.6. The van der Waals surface area contributed by atoms with Crippen molar-refractivity contribution < 1.29 is 38.3 Å². The van der Waals surface area contributed by atoms with Crippen molar-refractivity contribution in [1.82, 2.24) is 29.8 Å². The molecule has 4 aromatic rings. The Hall–Kier alpha value is -6.35. The van der Waals surface area contributed by atoms with Gasteiger partial charge < -0.3 is 24.8 Å². The first-order valence-corrected chi connectivity index (χ1v) is 31.6. The molecule has 460 valence electrons. The number of nitrogens with zero attached hydrogens (tertiary/aromatic N) is 5. The van der Waals surface area contributed by atoms with Gasteiger partial charge in [0.1, 0.15) is 23.5 Å². The van der Waals surface area contributed by atoms with E-state index in [4.69, 9.17) is 4.74 Å². The van der Waals surface area contributed by atoms with Gasteiger partial charge in [-0.05, 0) is 137 Å². The van der Waals surface area contributed by atoms with Crippen molar-refractivity contribution in [2.45, 2.75) is 181 Å². The predicted molar refractivity (Wildman–Crippen MR) is 336 cm³/mol. The highest BCUT2D eigenvalue weighted by atomic mass is 16.6. The molecule has 2 aliphatic heterocycles. The maximum atomic E-state index is 14.4. The number of piperazine rings is 2. The van der Waals surface area contributed by atoms with Crippen LogP contribution in [0.25, 0.3) is 0 Å². The molecule has 0 bridgehead atoms. The molecule has 4 aliphatic rings. The smallest absolute Gasteiger partial charge is 0.410 e. The minimum Gasteiger partial charge on any atom is -0.444 e. The molecule has 3 amide bonds. The van der Waals surface area contributed by atoms with Crippen LogP contribution in [0.3, 0.4) is 0 Å². The van der Waals surface area contributed by atoms with Gasteiger partial charge >= 0.3 is 6.09 Å². The Balaban J connectivity index is 0.000000247. The van der Waals surface area contributed by atoms with Crippen LogP contribution in [0.2, 0.25) is 0 Å². The largest absolute Gasteiger partial charge is 0.444 e. The number of hydrogen-bond donors (Lipinski definition) is 1. The van der Waals surface area contributed by atoms with Gasteiger partial charge in [0.05, 0.1) is 12.1 Å². The number of likely N-dealkylation sites (N-methyl/N-ethyl adjacent to an activating group) is 2. The van der Waals surface area contributed by atoms with E-state index in [1.807, 2.05) is 82.0 Å². The minimum absolute atomic E-state index is 0.00799. The average molecular weight is 1160 g/mol. The molecule has 0 aromatic heterocycles. The number of ketones is 4. The molecule has 4 aromatic carbocycles. The number of rotatable bonds is 22. The van der Waals surface area contributed by atoms with Gasteiger partial charge in [0.25, 0.3) is 0 Å². The molecule has 1 N–H and O–H groups in total. The second-order valence-corrected chi connectivity index (χ2v) is 26.3. The number of ether oxygens (including phenoxy) is 1. The third kappa shape index (κ3) is 18.1. The molecule has 14 heteroatoms.